The summed E-state index contributed by atoms with van der Waals surface area (Å²) in [5, 5.41) is 2.87. The summed E-state index contributed by atoms with van der Waals surface area (Å²) >= 11 is 0. The minimum atomic E-state index is -0.384. The van der Waals surface area contributed by atoms with Gasteiger partial charge in [0, 0.05) is 12.1 Å². The number of para-hydroxylation sites is 1. The van der Waals surface area contributed by atoms with E-state index in [4.69, 9.17) is 15.2 Å². The van der Waals surface area contributed by atoms with Crippen LogP contribution < -0.4 is 15.8 Å². The molecule has 2 atom stereocenters. The molecule has 5 nitrogen and oxygen atoms in total. The summed E-state index contributed by atoms with van der Waals surface area (Å²) in [6.45, 7) is 1.31. The van der Waals surface area contributed by atoms with Gasteiger partial charge in [-0.2, -0.15) is 0 Å². The van der Waals surface area contributed by atoms with Crippen LogP contribution in [0.5, 0.6) is 5.75 Å². The lowest BCUT2D eigenvalue weighted by molar-refractivity contribution is -0.131. The zero-order valence-corrected chi connectivity index (χ0v) is 15.4. The molecule has 0 bridgehead atoms. The van der Waals surface area contributed by atoms with Gasteiger partial charge in [0.15, 0.2) is 0 Å². The van der Waals surface area contributed by atoms with E-state index in [1.54, 1.807) is 0 Å². The number of ether oxygens (including phenoxy) is 2. The van der Waals surface area contributed by atoms with Gasteiger partial charge in [0.25, 0.3) is 0 Å². The van der Waals surface area contributed by atoms with Crippen molar-refractivity contribution in [2.45, 2.75) is 25.0 Å². The highest BCUT2D eigenvalue weighted by Crippen LogP contribution is 2.29. The largest absolute Gasteiger partial charge is 0.491 e. The molecular formula is C20H25ClN2O3. The van der Waals surface area contributed by atoms with Gasteiger partial charge in [-0.15, -0.1) is 12.4 Å². The number of nitrogens with one attached hydrogen (secondary N) is 1. The highest BCUT2D eigenvalue weighted by molar-refractivity contribution is 5.85. The predicted octanol–water partition coefficient (Wildman–Crippen LogP) is 2.78. The first-order valence-electron chi connectivity index (χ1n) is 8.68. The molecule has 2 aromatic rings. The SMILES string of the molecule is Cl.NC[C@H]1CC[C@@H](C(=O)NCCOc2ccccc2-c2ccccc2)O1. The standard InChI is InChI=1S/C20H24N2O3.ClH/c21-14-16-10-11-19(25-16)20(23)22-12-13-24-18-9-5-4-8-17(18)15-6-2-1-3-7-15;/h1-9,16,19H,10-14,21H2,(H,22,23);1H/t16-,19+;/m1./s1. The molecule has 140 valence electrons. The van der Waals surface area contributed by atoms with E-state index in [9.17, 15) is 4.79 Å². The molecule has 0 aliphatic carbocycles. The van der Waals surface area contributed by atoms with Crippen molar-refractivity contribution in [1.82, 2.24) is 5.32 Å². The molecule has 1 fully saturated rings. The Kier molecular flexibility index (Phi) is 7.91. The lowest BCUT2D eigenvalue weighted by atomic mass is 10.1. The second kappa shape index (κ2) is 10.2. The molecular weight excluding hydrogens is 352 g/mol. The number of hydrogen-bond donors (Lipinski definition) is 2. The maximum Gasteiger partial charge on any atom is 0.249 e. The van der Waals surface area contributed by atoms with Gasteiger partial charge in [0.2, 0.25) is 5.91 Å². The van der Waals surface area contributed by atoms with Crippen molar-refractivity contribution in [3.63, 3.8) is 0 Å². The second-order valence-corrected chi connectivity index (χ2v) is 6.06. The van der Waals surface area contributed by atoms with Crippen LogP contribution in [0.2, 0.25) is 0 Å². The molecule has 2 aromatic carbocycles. The molecule has 1 aliphatic heterocycles. The van der Waals surface area contributed by atoms with E-state index in [1.807, 2.05) is 42.5 Å². The average molecular weight is 377 g/mol. The van der Waals surface area contributed by atoms with Gasteiger partial charge in [0.05, 0.1) is 12.6 Å². The Bertz CT molecular complexity index is 696. The lowest BCUT2D eigenvalue weighted by Gasteiger charge is -2.14. The molecule has 0 unspecified atom stereocenters. The first kappa shape index (κ1) is 20.2. The molecule has 1 amide bonds. The van der Waals surface area contributed by atoms with Gasteiger partial charge < -0.3 is 20.5 Å². The van der Waals surface area contributed by atoms with Crippen LogP contribution in [0.4, 0.5) is 0 Å². The summed E-state index contributed by atoms with van der Waals surface area (Å²) in [4.78, 5) is 12.1. The van der Waals surface area contributed by atoms with E-state index in [2.05, 4.69) is 17.4 Å². The summed E-state index contributed by atoms with van der Waals surface area (Å²) in [5.74, 6) is 0.721. The molecule has 0 spiro atoms. The molecule has 1 saturated heterocycles. The third-order valence-electron chi connectivity index (χ3n) is 4.29. The van der Waals surface area contributed by atoms with E-state index >= 15 is 0 Å². The van der Waals surface area contributed by atoms with Crippen LogP contribution in [0.25, 0.3) is 11.1 Å². The third kappa shape index (κ3) is 5.21. The van der Waals surface area contributed by atoms with E-state index in [1.165, 1.54) is 0 Å². The third-order valence-corrected chi connectivity index (χ3v) is 4.29. The van der Waals surface area contributed by atoms with Crippen LogP contribution in [-0.2, 0) is 9.53 Å². The molecule has 0 aromatic heterocycles. The van der Waals surface area contributed by atoms with E-state index in [0.29, 0.717) is 19.7 Å². The van der Waals surface area contributed by atoms with Gasteiger partial charge in [-0.05, 0) is 24.5 Å². The molecule has 1 heterocycles. The Morgan fingerprint density at radius 3 is 2.58 bits per heavy atom. The zero-order valence-electron chi connectivity index (χ0n) is 14.6. The van der Waals surface area contributed by atoms with Crippen molar-refractivity contribution in [1.29, 1.82) is 0 Å². The van der Waals surface area contributed by atoms with Gasteiger partial charge in [0.1, 0.15) is 18.5 Å². The van der Waals surface area contributed by atoms with Crippen molar-refractivity contribution in [2.24, 2.45) is 5.73 Å². The number of hydrogen-bond acceptors (Lipinski definition) is 4. The van der Waals surface area contributed by atoms with Crippen LogP contribution in [0.15, 0.2) is 54.6 Å². The normalized spacial score (nSPS) is 18.8. The topological polar surface area (TPSA) is 73.6 Å². The fourth-order valence-corrected chi connectivity index (χ4v) is 2.97. The van der Waals surface area contributed by atoms with E-state index < -0.39 is 0 Å². The fourth-order valence-electron chi connectivity index (χ4n) is 2.97. The Morgan fingerprint density at radius 2 is 1.85 bits per heavy atom. The number of halogens is 1. The fraction of sp³-hybridized carbons (Fsp3) is 0.350. The van der Waals surface area contributed by atoms with Gasteiger partial charge in [-0.25, -0.2) is 0 Å². The summed E-state index contributed by atoms with van der Waals surface area (Å²) < 4.78 is 11.5. The van der Waals surface area contributed by atoms with Crippen molar-refractivity contribution >= 4 is 18.3 Å². The van der Waals surface area contributed by atoms with Crippen molar-refractivity contribution in [3.05, 3.63) is 54.6 Å². The highest BCUT2D eigenvalue weighted by Gasteiger charge is 2.29. The van der Waals surface area contributed by atoms with Crippen LogP contribution in [0, 0.1) is 0 Å². The van der Waals surface area contributed by atoms with Crippen LogP contribution in [0.3, 0.4) is 0 Å². The van der Waals surface area contributed by atoms with E-state index in [-0.39, 0.29) is 30.5 Å². The first-order valence-corrected chi connectivity index (χ1v) is 8.68. The minimum absolute atomic E-state index is 0. The number of nitrogens with two attached hydrogens (primary N) is 1. The monoisotopic (exact) mass is 376 g/mol. The second-order valence-electron chi connectivity index (χ2n) is 6.06. The van der Waals surface area contributed by atoms with Crippen molar-refractivity contribution < 1.29 is 14.3 Å². The number of rotatable bonds is 7. The van der Waals surface area contributed by atoms with Crippen molar-refractivity contribution in [2.75, 3.05) is 19.7 Å². The first-order chi connectivity index (χ1) is 12.3. The molecule has 1 aliphatic rings. The van der Waals surface area contributed by atoms with Crippen LogP contribution in [0.1, 0.15) is 12.8 Å². The van der Waals surface area contributed by atoms with Crippen molar-refractivity contribution in [3.8, 4) is 16.9 Å². The lowest BCUT2D eigenvalue weighted by Crippen LogP contribution is -2.37. The van der Waals surface area contributed by atoms with E-state index in [0.717, 1.165) is 29.7 Å². The zero-order chi connectivity index (χ0) is 17.5. The Morgan fingerprint density at radius 1 is 1.12 bits per heavy atom. The predicted molar refractivity (Wildman–Crippen MR) is 105 cm³/mol. The summed E-state index contributed by atoms with van der Waals surface area (Å²) in [5.41, 5.74) is 7.71. The molecule has 0 radical (unpaired) electrons. The molecule has 6 heteroatoms. The number of amides is 1. The quantitative estimate of drug-likeness (QED) is 0.729. The van der Waals surface area contributed by atoms with Gasteiger partial charge in [-0.3, -0.25) is 4.79 Å². The summed E-state index contributed by atoms with van der Waals surface area (Å²) in [7, 11) is 0. The number of carbonyl (C=O) groups is 1. The minimum Gasteiger partial charge on any atom is -0.491 e. The van der Waals surface area contributed by atoms with Gasteiger partial charge in [-0.1, -0.05) is 48.5 Å². The Labute approximate surface area is 160 Å². The molecule has 0 saturated carbocycles. The maximum atomic E-state index is 12.1. The van der Waals surface area contributed by atoms with Gasteiger partial charge >= 0.3 is 0 Å². The molecule has 26 heavy (non-hydrogen) atoms. The van der Waals surface area contributed by atoms with Crippen LogP contribution in [-0.4, -0.2) is 37.8 Å². The number of carbonyl (C=O) groups excluding carboxylic acids is 1. The van der Waals surface area contributed by atoms with Crippen LogP contribution >= 0.6 is 12.4 Å². The average Bonchev–Trinajstić information content (AvgIpc) is 3.15. The summed E-state index contributed by atoms with van der Waals surface area (Å²) in [6.07, 6.45) is 1.19. The maximum absolute atomic E-state index is 12.1. The number of benzene rings is 2. The Hall–Kier alpha value is -2.08. The Balaban J connectivity index is 0.00000243. The smallest absolute Gasteiger partial charge is 0.249 e. The molecule has 3 rings (SSSR count). The molecule has 3 N–H and O–H groups in total. The highest BCUT2D eigenvalue weighted by atomic mass is 35.5. The summed E-state index contributed by atoms with van der Waals surface area (Å²) in [6, 6.07) is 18.0.